The average molecular weight is 313 g/mol. The van der Waals surface area contributed by atoms with Crippen molar-refractivity contribution >= 4 is 15.9 Å². The summed E-state index contributed by atoms with van der Waals surface area (Å²) in [6, 6.07) is 1.49. The molecule has 0 N–H and O–H groups in total. The van der Waals surface area contributed by atoms with Gasteiger partial charge in [-0.25, -0.2) is 8.42 Å². The molecule has 1 fully saturated rings. The summed E-state index contributed by atoms with van der Waals surface area (Å²) in [6.07, 6.45) is 3.33. The molecular formula is C14H23N3O3S. The van der Waals surface area contributed by atoms with Crippen molar-refractivity contribution in [3.63, 3.8) is 0 Å². The molecule has 2 heterocycles. The van der Waals surface area contributed by atoms with Crippen LogP contribution in [-0.4, -0.2) is 54.3 Å². The second kappa shape index (κ2) is 6.19. The maximum atomic E-state index is 12.5. The predicted molar refractivity (Wildman–Crippen MR) is 80.7 cm³/mol. The SMILES string of the molecule is CCN(CC)C(=O)c1cc(S(=O)(=O)N2CCCC2)cn1C. The van der Waals surface area contributed by atoms with E-state index >= 15 is 0 Å². The minimum atomic E-state index is -3.47. The van der Waals surface area contributed by atoms with Crippen LogP contribution in [0, 0.1) is 0 Å². The maximum Gasteiger partial charge on any atom is 0.270 e. The van der Waals surface area contributed by atoms with E-state index in [2.05, 4.69) is 0 Å². The van der Waals surface area contributed by atoms with Crippen molar-refractivity contribution in [3.05, 3.63) is 18.0 Å². The number of hydrogen-bond acceptors (Lipinski definition) is 3. The Bertz CT molecular complexity index is 611. The van der Waals surface area contributed by atoms with Crippen LogP contribution in [0.25, 0.3) is 0 Å². The second-order valence-electron chi connectivity index (χ2n) is 5.26. The Morgan fingerprint density at radius 1 is 1.24 bits per heavy atom. The fraction of sp³-hybridized carbons (Fsp3) is 0.643. The van der Waals surface area contributed by atoms with Gasteiger partial charge in [-0.1, -0.05) is 0 Å². The molecule has 0 atom stereocenters. The third-order valence-corrected chi connectivity index (χ3v) is 5.82. The van der Waals surface area contributed by atoms with Gasteiger partial charge in [-0.3, -0.25) is 4.79 Å². The largest absolute Gasteiger partial charge is 0.345 e. The van der Waals surface area contributed by atoms with Crippen LogP contribution < -0.4 is 0 Å². The van der Waals surface area contributed by atoms with Gasteiger partial charge < -0.3 is 9.47 Å². The first-order chi connectivity index (χ1) is 9.91. The molecule has 0 spiro atoms. The number of amides is 1. The van der Waals surface area contributed by atoms with Gasteiger partial charge in [-0.15, -0.1) is 0 Å². The molecule has 1 saturated heterocycles. The second-order valence-corrected chi connectivity index (χ2v) is 7.20. The van der Waals surface area contributed by atoms with Crippen LogP contribution in [0.2, 0.25) is 0 Å². The van der Waals surface area contributed by atoms with Crippen LogP contribution in [-0.2, 0) is 17.1 Å². The molecule has 0 aliphatic carbocycles. The number of aryl methyl sites for hydroxylation is 1. The van der Waals surface area contributed by atoms with Crippen LogP contribution in [0.1, 0.15) is 37.2 Å². The first-order valence-corrected chi connectivity index (χ1v) is 8.81. The van der Waals surface area contributed by atoms with Crippen molar-refractivity contribution in [2.75, 3.05) is 26.2 Å². The van der Waals surface area contributed by atoms with E-state index in [0.29, 0.717) is 31.9 Å². The lowest BCUT2D eigenvalue weighted by atomic mass is 10.3. The molecular weight excluding hydrogens is 290 g/mol. The highest BCUT2D eigenvalue weighted by molar-refractivity contribution is 7.89. The van der Waals surface area contributed by atoms with Gasteiger partial charge >= 0.3 is 0 Å². The Balaban J connectivity index is 2.33. The van der Waals surface area contributed by atoms with E-state index in [1.165, 1.54) is 16.6 Å². The topological polar surface area (TPSA) is 62.6 Å². The molecule has 0 radical (unpaired) electrons. The van der Waals surface area contributed by atoms with Gasteiger partial charge in [0.2, 0.25) is 10.0 Å². The highest BCUT2D eigenvalue weighted by Gasteiger charge is 2.29. The molecule has 1 amide bonds. The summed E-state index contributed by atoms with van der Waals surface area (Å²) < 4.78 is 28.1. The first-order valence-electron chi connectivity index (χ1n) is 7.37. The summed E-state index contributed by atoms with van der Waals surface area (Å²) in [4.78, 5) is 14.3. The number of sulfonamides is 1. The lowest BCUT2D eigenvalue weighted by Gasteiger charge is -2.18. The van der Waals surface area contributed by atoms with Crippen LogP contribution >= 0.6 is 0 Å². The first kappa shape index (κ1) is 16.0. The lowest BCUT2D eigenvalue weighted by molar-refractivity contribution is 0.0763. The molecule has 1 aliphatic rings. The zero-order valence-corrected chi connectivity index (χ0v) is 13.7. The van der Waals surface area contributed by atoms with Crippen molar-refractivity contribution in [1.82, 2.24) is 13.8 Å². The van der Waals surface area contributed by atoms with Crippen molar-refractivity contribution in [2.24, 2.45) is 7.05 Å². The van der Waals surface area contributed by atoms with Gasteiger partial charge in [-0.2, -0.15) is 4.31 Å². The fourth-order valence-electron chi connectivity index (χ4n) is 2.64. The monoisotopic (exact) mass is 313 g/mol. The van der Waals surface area contributed by atoms with Crippen LogP contribution in [0.5, 0.6) is 0 Å². The third-order valence-electron chi connectivity index (χ3n) is 3.95. The molecule has 0 aromatic carbocycles. The molecule has 1 aromatic heterocycles. The molecule has 1 aromatic rings. The minimum Gasteiger partial charge on any atom is -0.345 e. The Morgan fingerprint density at radius 3 is 2.33 bits per heavy atom. The van der Waals surface area contributed by atoms with E-state index in [1.54, 1.807) is 16.5 Å². The highest BCUT2D eigenvalue weighted by Crippen LogP contribution is 2.23. The summed E-state index contributed by atoms with van der Waals surface area (Å²) in [7, 11) is -1.76. The molecule has 0 saturated carbocycles. The van der Waals surface area contributed by atoms with E-state index in [1.807, 2.05) is 13.8 Å². The lowest BCUT2D eigenvalue weighted by Crippen LogP contribution is -2.31. The van der Waals surface area contributed by atoms with E-state index in [-0.39, 0.29) is 10.8 Å². The fourth-order valence-corrected chi connectivity index (χ4v) is 4.23. The van der Waals surface area contributed by atoms with Crippen molar-refractivity contribution in [1.29, 1.82) is 0 Å². The summed E-state index contributed by atoms with van der Waals surface area (Å²) in [6.45, 7) is 6.16. The summed E-state index contributed by atoms with van der Waals surface area (Å²) >= 11 is 0. The van der Waals surface area contributed by atoms with Gasteiger partial charge in [0, 0.05) is 39.4 Å². The van der Waals surface area contributed by atoms with Crippen molar-refractivity contribution < 1.29 is 13.2 Å². The quantitative estimate of drug-likeness (QED) is 0.823. The van der Waals surface area contributed by atoms with E-state index < -0.39 is 10.0 Å². The summed E-state index contributed by atoms with van der Waals surface area (Å²) in [5.74, 6) is -0.134. The number of hydrogen-bond donors (Lipinski definition) is 0. The van der Waals surface area contributed by atoms with Crippen molar-refractivity contribution in [3.8, 4) is 0 Å². The number of rotatable bonds is 5. The van der Waals surface area contributed by atoms with E-state index in [9.17, 15) is 13.2 Å². The molecule has 7 heteroatoms. The normalized spacial score (nSPS) is 16.3. The predicted octanol–water partition coefficient (Wildman–Crippen LogP) is 1.29. The Kier molecular flexibility index (Phi) is 4.73. The number of carbonyl (C=O) groups excluding carboxylic acids is 1. The van der Waals surface area contributed by atoms with Crippen molar-refractivity contribution in [2.45, 2.75) is 31.6 Å². The zero-order valence-electron chi connectivity index (χ0n) is 12.9. The molecule has 0 bridgehead atoms. The smallest absolute Gasteiger partial charge is 0.270 e. The maximum absolute atomic E-state index is 12.5. The Labute approximate surface area is 126 Å². The number of carbonyl (C=O) groups is 1. The molecule has 6 nitrogen and oxygen atoms in total. The third kappa shape index (κ3) is 2.98. The summed E-state index contributed by atoms with van der Waals surface area (Å²) in [5.41, 5.74) is 0.413. The van der Waals surface area contributed by atoms with Gasteiger partial charge in [-0.05, 0) is 32.8 Å². The minimum absolute atomic E-state index is 0.134. The Morgan fingerprint density at radius 2 is 1.81 bits per heavy atom. The van der Waals surface area contributed by atoms with Gasteiger partial charge in [0.25, 0.3) is 5.91 Å². The van der Waals surface area contributed by atoms with E-state index in [0.717, 1.165) is 12.8 Å². The van der Waals surface area contributed by atoms with Gasteiger partial charge in [0.1, 0.15) is 10.6 Å². The number of aromatic nitrogens is 1. The average Bonchev–Trinajstić information content (AvgIpc) is 3.09. The van der Waals surface area contributed by atoms with Gasteiger partial charge in [0.15, 0.2) is 0 Å². The van der Waals surface area contributed by atoms with Crippen LogP contribution in [0.3, 0.4) is 0 Å². The van der Waals surface area contributed by atoms with Gasteiger partial charge in [0.05, 0.1) is 0 Å². The molecule has 21 heavy (non-hydrogen) atoms. The number of nitrogens with zero attached hydrogens (tertiary/aromatic N) is 3. The van der Waals surface area contributed by atoms with Crippen LogP contribution in [0.4, 0.5) is 0 Å². The highest BCUT2D eigenvalue weighted by atomic mass is 32.2. The van der Waals surface area contributed by atoms with E-state index in [4.69, 9.17) is 0 Å². The molecule has 118 valence electrons. The zero-order chi connectivity index (χ0) is 15.6. The Hall–Kier alpha value is -1.34. The standard InChI is InChI=1S/C14H23N3O3S/c1-4-16(5-2)14(18)13-10-12(11-15(13)3)21(19,20)17-8-6-7-9-17/h10-11H,4-9H2,1-3H3. The molecule has 0 unspecified atom stereocenters. The summed E-state index contributed by atoms with van der Waals surface area (Å²) in [5, 5.41) is 0. The molecule has 1 aliphatic heterocycles. The molecule has 2 rings (SSSR count). The van der Waals surface area contributed by atoms with Crippen LogP contribution in [0.15, 0.2) is 17.2 Å².